The molecule has 1 unspecified atom stereocenters. The quantitative estimate of drug-likeness (QED) is 0.879. The highest BCUT2D eigenvalue weighted by Crippen LogP contribution is 2.22. The molecule has 2 aromatic rings. The number of benzene rings is 1. The highest BCUT2D eigenvalue weighted by Gasteiger charge is 2.12. The lowest BCUT2D eigenvalue weighted by Gasteiger charge is -2.16. The molecule has 1 aromatic carbocycles. The van der Waals surface area contributed by atoms with Gasteiger partial charge in [-0.2, -0.15) is 0 Å². The number of nitrogens with one attached hydrogen (secondary N) is 1. The van der Waals surface area contributed by atoms with E-state index in [1.165, 1.54) is 14.9 Å². The standard InChI is InChI=1S/C14H17BrN2S/c1-16-8-11(7-13-9-17-10-18-13)6-12-4-2-3-5-14(12)15/h2-5,9-11,16H,6-8H2,1H3. The van der Waals surface area contributed by atoms with Gasteiger partial charge in [0, 0.05) is 15.5 Å². The molecule has 2 rings (SSSR count). The fraction of sp³-hybridized carbons (Fsp3) is 0.357. The Hall–Kier alpha value is -0.710. The zero-order chi connectivity index (χ0) is 12.8. The van der Waals surface area contributed by atoms with Gasteiger partial charge in [-0.15, -0.1) is 11.3 Å². The van der Waals surface area contributed by atoms with E-state index < -0.39 is 0 Å². The van der Waals surface area contributed by atoms with Gasteiger partial charge in [0.25, 0.3) is 0 Å². The number of hydrogen-bond donors (Lipinski definition) is 1. The average molecular weight is 325 g/mol. The summed E-state index contributed by atoms with van der Waals surface area (Å²) in [6, 6.07) is 8.46. The topological polar surface area (TPSA) is 24.9 Å². The second kappa shape index (κ2) is 7.02. The first-order chi connectivity index (χ1) is 8.79. The van der Waals surface area contributed by atoms with Crippen LogP contribution >= 0.6 is 27.3 Å². The van der Waals surface area contributed by atoms with Crippen LogP contribution < -0.4 is 5.32 Å². The highest BCUT2D eigenvalue weighted by atomic mass is 79.9. The predicted molar refractivity (Wildman–Crippen MR) is 81.1 cm³/mol. The van der Waals surface area contributed by atoms with E-state index in [0.717, 1.165) is 19.4 Å². The van der Waals surface area contributed by atoms with Crippen molar-refractivity contribution in [1.82, 2.24) is 10.3 Å². The molecule has 1 N–H and O–H groups in total. The molecule has 2 nitrogen and oxygen atoms in total. The second-order valence-electron chi connectivity index (χ2n) is 4.39. The Morgan fingerprint density at radius 2 is 2.17 bits per heavy atom. The molecule has 0 spiro atoms. The minimum atomic E-state index is 0.606. The van der Waals surface area contributed by atoms with Gasteiger partial charge in [-0.05, 0) is 44.0 Å². The first-order valence-electron chi connectivity index (χ1n) is 6.05. The van der Waals surface area contributed by atoms with E-state index >= 15 is 0 Å². The normalized spacial score (nSPS) is 12.6. The molecule has 0 aliphatic heterocycles. The summed E-state index contributed by atoms with van der Waals surface area (Å²) in [6.45, 7) is 1.03. The van der Waals surface area contributed by atoms with Crippen LogP contribution in [0.25, 0.3) is 0 Å². The molecule has 1 atom stereocenters. The van der Waals surface area contributed by atoms with E-state index in [1.54, 1.807) is 11.3 Å². The Bertz CT molecular complexity index is 470. The van der Waals surface area contributed by atoms with Crippen molar-refractivity contribution in [2.75, 3.05) is 13.6 Å². The number of aromatic nitrogens is 1. The summed E-state index contributed by atoms with van der Waals surface area (Å²) in [4.78, 5) is 5.51. The lowest BCUT2D eigenvalue weighted by molar-refractivity contribution is 0.495. The van der Waals surface area contributed by atoms with Gasteiger partial charge in [-0.1, -0.05) is 34.1 Å². The van der Waals surface area contributed by atoms with Crippen molar-refractivity contribution in [3.63, 3.8) is 0 Å². The third kappa shape index (κ3) is 3.90. The number of halogens is 1. The van der Waals surface area contributed by atoms with Crippen molar-refractivity contribution in [2.45, 2.75) is 12.8 Å². The van der Waals surface area contributed by atoms with Gasteiger partial charge in [0.2, 0.25) is 0 Å². The first kappa shape index (κ1) is 13.7. The van der Waals surface area contributed by atoms with Gasteiger partial charge in [-0.3, -0.25) is 4.98 Å². The number of nitrogens with zero attached hydrogens (tertiary/aromatic N) is 1. The SMILES string of the molecule is CNCC(Cc1cncs1)Cc1ccccc1Br. The molecule has 0 bridgehead atoms. The van der Waals surface area contributed by atoms with Gasteiger partial charge < -0.3 is 5.32 Å². The Balaban J connectivity index is 2.04. The molecule has 4 heteroatoms. The smallest absolute Gasteiger partial charge is 0.0794 e. The molecule has 1 aromatic heterocycles. The van der Waals surface area contributed by atoms with E-state index in [1.807, 2.05) is 18.8 Å². The van der Waals surface area contributed by atoms with Gasteiger partial charge in [0.15, 0.2) is 0 Å². The second-order valence-corrected chi connectivity index (χ2v) is 6.22. The highest BCUT2D eigenvalue weighted by molar-refractivity contribution is 9.10. The van der Waals surface area contributed by atoms with Crippen LogP contribution in [0, 0.1) is 5.92 Å². The average Bonchev–Trinajstić information content (AvgIpc) is 2.85. The van der Waals surface area contributed by atoms with E-state index in [2.05, 4.69) is 50.5 Å². The summed E-state index contributed by atoms with van der Waals surface area (Å²) in [7, 11) is 2.01. The van der Waals surface area contributed by atoms with Crippen LogP contribution in [0.1, 0.15) is 10.4 Å². The van der Waals surface area contributed by atoms with E-state index in [0.29, 0.717) is 5.92 Å². The lowest BCUT2D eigenvalue weighted by atomic mass is 9.95. The van der Waals surface area contributed by atoms with Crippen LogP contribution in [0.15, 0.2) is 40.4 Å². The van der Waals surface area contributed by atoms with E-state index in [4.69, 9.17) is 0 Å². The Morgan fingerprint density at radius 3 is 2.83 bits per heavy atom. The molecule has 0 aliphatic carbocycles. The number of thiazole rings is 1. The molecule has 0 radical (unpaired) electrons. The fourth-order valence-electron chi connectivity index (χ4n) is 2.11. The van der Waals surface area contributed by atoms with Crippen molar-refractivity contribution in [3.8, 4) is 0 Å². The summed E-state index contributed by atoms with van der Waals surface area (Å²) >= 11 is 5.36. The molecular weight excluding hydrogens is 308 g/mol. The van der Waals surface area contributed by atoms with Crippen LogP contribution in [0.3, 0.4) is 0 Å². The molecule has 0 saturated heterocycles. The van der Waals surface area contributed by atoms with Crippen molar-refractivity contribution < 1.29 is 0 Å². The lowest BCUT2D eigenvalue weighted by Crippen LogP contribution is -2.22. The maximum absolute atomic E-state index is 4.15. The summed E-state index contributed by atoms with van der Waals surface area (Å²) < 4.78 is 1.20. The summed E-state index contributed by atoms with van der Waals surface area (Å²) in [5.74, 6) is 0.606. The molecule has 0 fully saturated rings. The Kier molecular flexibility index (Phi) is 5.35. The van der Waals surface area contributed by atoms with Crippen molar-refractivity contribution in [1.29, 1.82) is 0 Å². The summed E-state index contributed by atoms with van der Waals surface area (Å²) in [5, 5.41) is 3.29. The van der Waals surface area contributed by atoms with Gasteiger partial charge in [0.1, 0.15) is 0 Å². The predicted octanol–water partition coefficient (Wildman–Crippen LogP) is 3.53. The fourth-order valence-corrected chi connectivity index (χ4v) is 3.26. The molecule has 96 valence electrons. The zero-order valence-corrected chi connectivity index (χ0v) is 12.8. The van der Waals surface area contributed by atoms with Crippen LogP contribution in [-0.4, -0.2) is 18.6 Å². The zero-order valence-electron chi connectivity index (χ0n) is 10.4. The van der Waals surface area contributed by atoms with Gasteiger partial charge >= 0.3 is 0 Å². The maximum atomic E-state index is 4.15. The Labute approximate surface area is 121 Å². The first-order valence-corrected chi connectivity index (χ1v) is 7.72. The van der Waals surface area contributed by atoms with E-state index in [-0.39, 0.29) is 0 Å². The number of rotatable bonds is 6. The molecule has 18 heavy (non-hydrogen) atoms. The van der Waals surface area contributed by atoms with Crippen LogP contribution in [0.2, 0.25) is 0 Å². The van der Waals surface area contributed by atoms with Crippen molar-refractivity contribution >= 4 is 27.3 Å². The largest absolute Gasteiger partial charge is 0.319 e. The third-order valence-corrected chi connectivity index (χ3v) is 4.51. The molecular formula is C14H17BrN2S. The molecule has 0 saturated carbocycles. The van der Waals surface area contributed by atoms with Gasteiger partial charge in [-0.25, -0.2) is 0 Å². The summed E-state index contributed by atoms with van der Waals surface area (Å²) in [5.41, 5.74) is 3.28. The molecule has 1 heterocycles. The minimum absolute atomic E-state index is 0.606. The van der Waals surface area contributed by atoms with Crippen LogP contribution in [0.5, 0.6) is 0 Å². The van der Waals surface area contributed by atoms with Gasteiger partial charge in [0.05, 0.1) is 5.51 Å². The van der Waals surface area contributed by atoms with Crippen LogP contribution in [-0.2, 0) is 12.8 Å². The van der Waals surface area contributed by atoms with Crippen LogP contribution in [0.4, 0.5) is 0 Å². The van der Waals surface area contributed by atoms with E-state index in [9.17, 15) is 0 Å². The molecule has 0 aliphatic rings. The van der Waals surface area contributed by atoms with Crippen molar-refractivity contribution in [2.24, 2.45) is 5.92 Å². The third-order valence-electron chi connectivity index (χ3n) is 2.93. The minimum Gasteiger partial charge on any atom is -0.319 e. The number of hydrogen-bond acceptors (Lipinski definition) is 3. The van der Waals surface area contributed by atoms with Crippen molar-refractivity contribution in [3.05, 3.63) is 50.9 Å². The molecule has 0 amide bonds. The Morgan fingerprint density at radius 1 is 1.33 bits per heavy atom. The maximum Gasteiger partial charge on any atom is 0.0794 e. The monoisotopic (exact) mass is 324 g/mol. The summed E-state index contributed by atoms with van der Waals surface area (Å²) in [6.07, 6.45) is 4.15.